The van der Waals surface area contributed by atoms with Gasteiger partial charge in [-0.05, 0) is 18.2 Å². The summed E-state index contributed by atoms with van der Waals surface area (Å²) in [6, 6.07) is 4.66. The van der Waals surface area contributed by atoms with E-state index < -0.39 is 17.8 Å². The number of carbonyl (C=O) groups excluding carboxylic acids is 1. The number of alkyl halides is 3. The summed E-state index contributed by atoms with van der Waals surface area (Å²) in [4.78, 5) is 19.2. The molecule has 3 rings (SSSR count). The predicted octanol–water partition coefficient (Wildman–Crippen LogP) is 2.87. The molecular weight excluding hydrogens is 299 g/mol. The van der Waals surface area contributed by atoms with E-state index in [4.69, 9.17) is 0 Å². The van der Waals surface area contributed by atoms with Crippen molar-refractivity contribution in [2.75, 3.05) is 5.32 Å². The van der Waals surface area contributed by atoms with Gasteiger partial charge >= 0.3 is 6.18 Å². The Bertz CT molecular complexity index is 849. The molecule has 2 N–H and O–H groups in total. The van der Waals surface area contributed by atoms with Gasteiger partial charge in [0.1, 0.15) is 17.2 Å². The first-order chi connectivity index (χ1) is 10.4. The van der Waals surface area contributed by atoms with E-state index in [-0.39, 0.29) is 12.9 Å². The van der Waals surface area contributed by atoms with Gasteiger partial charge in [-0.25, -0.2) is 9.97 Å². The van der Waals surface area contributed by atoms with Crippen molar-refractivity contribution in [1.82, 2.24) is 20.2 Å². The summed E-state index contributed by atoms with van der Waals surface area (Å²) in [6.45, 7) is 0. The van der Waals surface area contributed by atoms with Crippen molar-refractivity contribution in [1.29, 1.82) is 0 Å². The van der Waals surface area contributed by atoms with Crippen LogP contribution in [0, 0.1) is 0 Å². The van der Waals surface area contributed by atoms with E-state index >= 15 is 0 Å². The Balaban J connectivity index is 0.00000192. The lowest BCUT2D eigenvalue weighted by Crippen LogP contribution is -2.17. The van der Waals surface area contributed by atoms with Crippen molar-refractivity contribution in [2.45, 2.75) is 6.18 Å². The maximum Gasteiger partial charge on any atom is 0.433 e. The Labute approximate surface area is 122 Å². The number of halogens is 3. The maximum atomic E-state index is 12.6. The third-order valence-electron chi connectivity index (χ3n) is 2.84. The summed E-state index contributed by atoms with van der Waals surface area (Å²) >= 11 is 0. The van der Waals surface area contributed by atoms with Gasteiger partial charge in [0, 0.05) is 6.81 Å². The number of pyridine rings is 2. The summed E-state index contributed by atoms with van der Waals surface area (Å²) in [5.41, 5.74) is -0.794. The molecule has 0 aliphatic carbocycles. The van der Waals surface area contributed by atoms with Crippen LogP contribution in [0.15, 0.2) is 36.7 Å². The number of hydrogen-bond donors (Lipinski definition) is 2. The van der Waals surface area contributed by atoms with Gasteiger partial charge in [-0.1, -0.05) is 6.07 Å². The van der Waals surface area contributed by atoms with Gasteiger partial charge in [0.15, 0.2) is 0 Å². The van der Waals surface area contributed by atoms with E-state index in [0.29, 0.717) is 10.9 Å². The molecule has 3 aromatic rings. The number of carbonyl (C=O) groups is 1. The highest BCUT2D eigenvalue weighted by atomic mass is 19.4. The van der Waals surface area contributed by atoms with Crippen molar-refractivity contribution < 1.29 is 19.4 Å². The number of fused-ring (bicyclic) bond motifs is 1. The normalized spacial score (nSPS) is 11.6. The third-order valence-corrected chi connectivity index (χ3v) is 2.84. The van der Waals surface area contributed by atoms with Gasteiger partial charge in [-0.3, -0.25) is 9.89 Å². The second-order valence-corrected chi connectivity index (χ2v) is 4.39. The Morgan fingerprint density at radius 3 is 2.86 bits per heavy atom. The van der Waals surface area contributed by atoms with E-state index in [9.17, 15) is 18.0 Å². The van der Waals surface area contributed by atoms with Gasteiger partial charge in [-0.15, -0.1) is 0 Å². The van der Waals surface area contributed by atoms with Crippen LogP contribution in [0.5, 0.6) is 0 Å². The molecule has 1 amide bonds. The number of anilines is 1. The van der Waals surface area contributed by atoms with Gasteiger partial charge in [0.25, 0.3) is 5.91 Å². The largest absolute Gasteiger partial charge is 0.433 e. The molecule has 0 spiro atoms. The summed E-state index contributed by atoms with van der Waals surface area (Å²) in [5, 5.41) is 9.60. The molecule has 22 heavy (non-hydrogen) atoms. The number of amides is 1. The standard InChI is InChI=1S/C13H8F3N5O.H2/c14-13(15,16)10-3-1-2-8(19-10)12(22)20-11-4-7-5-18-21-9(7)6-17-11;/h1-6H,(H,18,21)(H,17,20,22);1H. The molecule has 0 atom stereocenters. The van der Waals surface area contributed by atoms with Crippen molar-refractivity contribution in [3.8, 4) is 0 Å². The van der Waals surface area contributed by atoms with Crippen LogP contribution in [0.4, 0.5) is 19.0 Å². The first-order valence-electron chi connectivity index (χ1n) is 6.08. The second kappa shape index (κ2) is 5.10. The highest BCUT2D eigenvalue weighted by molar-refractivity contribution is 6.03. The van der Waals surface area contributed by atoms with Gasteiger partial charge in [0.2, 0.25) is 0 Å². The topological polar surface area (TPSA) is 83.6 Å². The molecule has 114 valence electrons. The number of hydrogen-bond acceptors (Lipinski definition) is 4. The first-order valence-corrected chi connectivity index (χ1v) is 6.08. The van der Waals surface area contributed by atoms with Crippen LogP contribution in [0.1, 0.15) is 17.6 Å². The number of H-pyrrole nitrogens is 1. The van der Waals surface area contributed by atoms with Crippen LogP contribution in [0.2, 0.25) is 0 Å². The number of aromatic nitrogens is 4. The van der Waals surface area contributed by atoms with Crippen LogP contribution in [0.3, 0.4) is 0 Å². The van der Waals surface area contributed by atoms with E-state index in [1.54, 1.807) is 6.07 Å². The minimum absolute atomic E-state index is 0. The SMILES string of the molecule is O=C(Nc1cc2cn[nH]c2cn1)c1cccc(C(F)(F)F)n1.[HH]. The maximum absolute atomic E-state index is 12.6. The molecule has 0 saturated carbocycles. The van der Waals surface area contributed by atoms with Crippen LogP contribution < -0.4 is 5.32 Å². The second-order valence-electron chi connectivity index (χ2n) is 4.39. The molecule has 0 saturated heterocycles. The Morgan fingerprint density at radius 2 is 2.09 bits per heavy atom. The molecule has 0 aromatic carbocycles. The summed E-state index contributed by atoms with van der Waals surface area (Å²) in [6.07, 6.45) is -1.61. The predicted molar refractivity (Wildman–Crippen MR) is 73.2 cm³/mol. The molecule has 0 bridgehead atoms. The highest BCUT2D eigenvalue weighted by Crippen LogP contribution is 2.27. The van der Waals surface area contributed by atoms with Gasteiger partial charge in [0.05, 0.1) is 17.9 Å². The Morgan fingerprint density at radius 1 is 1.27 bits per heavy atom. The molecule has 0 aliphatic rings. The van der Waals surface area contributed by atoms with Crippen molar-refractivity contribution in [3.63, 3.8) is 0 Å². The van der Waals surface area contributed by atoms with Crippen molar-refractivity contribution in [2.24, 2.45) is 0 Å². The van der Waals surface area contributed by atoms with Gasteiger partial charge < -0.3 is 5.32 Å². The van der Waals surface area contributed by atoms with E-state index in [2.05, 4.69) is 25.5 Å². The molecule has 0 aliphatic heterocycles. The average Bonchev–Trinajstić information content (AvgIpc) is 2.94. The number of rotatable bonds is 2. The molecule has 6 nitrogen and oxygen atoms in total. The van der Waals surface area contributed by atoms with Crippen LogP contribution in [-0.2, 0) is 6.18 Å². The Kier molecular flexibility index (Phi) is 3.24. The zero-order chi connectivity index (χ0) is 15.7. The fourth-order valence-electron chi connectivity index (χ4n) is 1.81. The van der Waals surface area contributed by atoms with E-state index in [0.717, 1.165) is 12.1 Å². The third kappa shape index (κ3) is 2.73. The molecule has 0 radical (unpaired) electrons. The van der Waals surface area contributed by atoms with E-state index in [1.807, 2.05) is 0 Å². The highest BCUT2D eigenvalue weighted by Gasteiger charge is 2.32. The van der Waals surface area contributed by atoms with Crippen molar-refractivity contribution >= 4 is 22.6 Å². The summed E-state index contributed by atoms with van der Waals surface area (Å²) in [5.74, 6) is -0.584. The lowest BCUT2D eigenvalue weighted by molar-refractivity contribution is -0.141. The van der Waals surface area contributed by atoms with E-state index in [1.165, 1.54) is 18.5 Å². The lowest BCUT2D eigenvalue weighted by atomic mass is 10.2. The van der Waals surface area contributed by atoms with Crippen molar-refractivity contribution in [3.05, 3.63) is 48.0 Å². The Hall–Kier alpha value is -2.97. The minimum Gasteiger partial charge on any atom is -0.305 e. The van der Waals surface area contributed by atoms with Crippen LogP contribution >= 0.6 is 0 Å². The summed E-state index contributed by atoms with van der Waals surface area (Å²) in [7, 11) is 0. The quantitative estimate of drug-likeness (QED) is 0.762. The number of nitrogens with zero attached hydrogens (tertiary/aromatic N) is 3. The molecular formula is C13H10F3N5O. The summed E-state index contributed by atoms with van der Waals surface area (Å²) < 4.78 is 37.7. The smallest absolute Gasteiger partial charge is 0.305 e. The van der Waals surface area contributed by atoms with Gasteiger partial charge in [-0.2, -0.15) is 18.3 Å². The molecule has 3 heterocycles. The molecule has 9 heteroatoms. The first kappa shape index (κ1) is 14.0. The molecule has 0 fully saturated rings. The average molecular weight is 309 g/mol. The van der Waals surface area contributed by atoms with Crippen LogP contribution in [-0.4, -0.2) is 26.1 Å². The zero-order valence-corrected chi connectivity index (χ0v) is 10.8. The molecule has 0 unspecified atom stereocenters. The molecule has 3 aromatic heterocycles. The lowest BCUT2D eigenvalue weighted by Gasteiger charge is -2.08. The number of aromatic amines is 1. The van der Waals surface area contributed by atoms with Crippen LogP contribution in [0.25, 0.3) is 10.9 Å². The minimum atomic E-state index is -4.61. The number of nitrogens with one attached hydrogen (secondary N) is 2. The zero-order valence-electron chi connectivity index (χ0n) is 10.8. The fourth-order valence-corrected chi connectivity index (χ4v) is 1.81. The monoisotopic (exact) mass is 309 g/mol. The fraction of sp³-hybridized carbons (Fsp3) is 0.0769.